The Bertz CT molecular complexity index is 274. The third kappa shape index (κ3) is 2.81. The zero-order valence-corrected chi connectivity index (χ0v) is 8.79. The molecule has 0 bridgehead atoms. The highest BCUT2D eigenvalue weighted by Crippen LogP contribution is 2.17. The molecule has 0 spiro atoms. The fourth-order valence-corrected chi connectivity index (χ4v) is 1.45. The van der Waals surface area contributed by atoms with Gasteiger partial charge in [0, 0.05) is 12.1 Å². The van der Waals surface area contributed by atoms with Crippen molar-refractivity contribution in [2.24, 2.45) is 0 Å². The Morgan fingerprint density at radius 2 is 2.38 bits per heavy atom. The van der Waals surface area contributed by atoms with E-state index in [1.165, 1.54) is 5.57 Å². The topological polar surface area (TPSA) is 12.0 Å². The van der Waals surface area contributed by atoms with Crippen molar-refractivity contribution >= 4 is 17.2 Å². The number of thiocarbonyl (C=S) groups is 1. The molecular formula is C11H15NS. The highest BCUT2D eigenvalue weighted by Gasteiger charge is 2.12. The lowest BCUT2D eigenvalue weighted by molar-refractivity contribution is 0.845. The lowest BCUT2D eigenvalue weighted by atomic mass is 10.0. The maximum absolute atomic E-state index is 5.11. The van der Waals surface area contributed by atoms with Crippen LogP contribution in [-0.2, 0) is 0 Å². The van der Waals surface area contributed by atoms with E-state index >= 15 is 0 Å². The number of rotatable bonds is 2. The standard InChI is InChI=1S/C11H15NS/c1-3-4-5-6-10-7-8-12-11(13)9(10)2/h4-6H,2-3,7-8H2,1H3,(H,12,13)/b5-4-,10-6-. The van der Waals surface area contributed by atoms with E-state index in [-0.39, 0.29) is 0 Å². The van der Waals surface area contributed by atoms with E-state index in [1.54, 1.807) is 0 Å². The van der Waals surface area contributed by atoms with Crippen LogP contribution < -0.4 is 5.32 Å². The summed E-state index contributed by atoms with van der Waals surface area (Å²) in [5.41, 5.74) is 2.23. The van der Waals surface area contributed by atoms with E-state index in [0.717, 1.165) is 29.9 Å². The SMILES string of the molecule is C=C1C(=S)NCC/C1=C/C=C\CC. The fourth-order valence-electron chi connectivity index (χ4n) is 1.22. The molecular weight excluding hydrogens is 178 g/mol. The Morgan fingerprint density at radius 3 is 3.08 bits per heavy atom. The molecule has 2 heteroatoms. The van der Waals surface area contributed by atoms with Crippen molar-refractivity contribution in [3.05, 3.63) is 36.0 Å². The molecule has 1 saturated heterocycles. The summed E-state index contributed by atoms with van der Waals surface area (Å²) in [5.74, 6) is 0. The predicted octanol–water partition coefficient (Wildman–Crippen LogP) is 2.76. The van der Waals surface area contributed by atoms with Crippen molar-refractivity contribution in [1.82, 2.24) is 5.32 Å². The molecule has 1 aliphatic rings. The second-order valence-electron chi connectivity index (χ2n) is 3.01. The van der Waals surface area contributed by atoms with Crippen LogP contribution in [0.1, 0.15) is 19.8 Å². The molecule has 0 unspecified atom stereocenters. The van der Waals surface area contributed by atoms with Crippen LogP contribution in [0, 0.1) is 0 Å². The van der Waals surface area contributed by atoms with Gasteiger partial charge in [0.2, 0.25) is 0 Å². The van der Waals surface area contributed by atoms with Gasteiger partial charge in [-0.15, -0.1) is 0 Å². The first-order chi connectivity index (χ1) is 6.25. The van der Waals surface area contributed by atoms with E-state index in [1.807, 2.05) is 0 Å². The molecule has 0 aromatic rings. The van der Waals surface area contributed by atoms with Gasteiger partial charge in [-0.25, -0.2) is 0 Å². The number of hydrogen-bond acceptors (Lipinski definition) is 1. The molecule has 0 aromatic carbocycles. The average molecular weight is 193 g/mol. The van der Waals surface area contributed by atoms with E-state index in [2.05, 4.69) is 37.0 Å². The Hall–Kier alpha value is -0.890. The minimum Gasteiger partial charge on any atom is -0.375 e. The third-order valence-electron chi connectivity index (χ3n) is 2.01. The first-order valence-corrected chi connectivity index (χ1v) is 4.99. The molecule has 70 valence electrons. The van der Waals surface area contributed by atoms with Crippen molar-refractivity contribution in [2.45, 2.75) is 19.8 Å². The first-order valence-electron chi connectivity index (χ1n) is 4.59. The Balaban J connectivity index is 2.68. The monoisotopic (exact) mass is 193 g/mol. The van der Waals surface area contributed by atoms with Crippen LogP contribution in [0.25, 0.3) is 0 Å². The van der Waals surface area contributed by atoms with Gasteiger partial charge in [-0.2, -0.15) is 0 Å². The molecule has 1 rings (SSSR count). The van der Waals surface area contributed by atoms with Crippen LogP contribution in [-0.4, -0.2) is 11.5 Å². The molecule has 0 aliphatic carbocycles. The largest absolute Gasteiger partial charge is 0.375 e. The third-order valence-corrected chi connectivity index (χ3v) is 2.40. The lowest BCUT2D eigenvalue weighted by Gasteiger charge is -2.19. The van der Waals surface area contributed by atoms with E-state index < -0.39 is 0 Å². The summed E-state index contributed by atoms with van der Waals surface area (Å²) < 4.78 is 0. The fraction of sp³-hybridized carbons (Fsp3) is 0.364. The highest BCUT2D eigenvalue weighted by atomic mass is 32.1. The zero-order valence-electron chi connectivity index (χ0n) is 7.97. The molecule has 0 saturated carbocycles. The molecule has 1 heterocycles. The summed E-state index contributed by atoms with van der Waals surface area (Å²) in [6.07, 6.45) is 8.41. The van der Waals surface area contributed by atoms with Gasteiger partial charge in [0.25, 0.3) is 0 Å². The van der Waals surface area contributed by atoms with Gasteiger partial charge in [0.05, 0.1) is 0 Å². The van der Waals surface area contributed by atoms with Gasteiger partial charge in [-0.05, 0) is 18.4 Å². The van der Waals surface area contributed by atoms with Gasteiger partial charge in [-0.1, -0.05) is 43.9 Å². The van der Waals surface area contributed by atoms with Crippen molar-refractivity contribution < 1.29 is 0 Å². The summed E-state index contributed by atoms with van der Waals surface area (Å²) in [4.78, 5) is 0.794. The van der Waals surface area contributed by atoms with Crippen LogP contribution in [0.5, 0.6) is 0 Å². The number of hydrogen-bond donors (Lipinski definition) is 1. The van der Waals surface area contributed by atoms with Gasteiger partial charge in [0.1, 0.15) is 4.99 Å². The second-order valence-corrected chi connectivity index (χ2v) is 3.42. The maximum Gasteiger partial charge on any atom is 0.106 e. The molecule has 0 aromatic heterocycles. The van der Waals surface area contributed by atoms with Gasteiger partial charge >= 0.3 is 0 Å². The molecule has 0 atom stereocenters. The van der Waals surface area contributed by atoms with Crippen LogP contribution in [0.3, 0.4) is 0 Å². The number of allylic oxidation sites excluding steroid dienone is 3. The minimum absolute atomic E-state index is 0.794. The number of nitrogens with one attached hydrogen (secondary N) is 1. The summed E-state index contributed by atoms with van der Waals surface area (Å²) in [7, 11) is 0. The average Bonchev–Trinajstić information content (AvgIpc) is 2.13. The predicted molar refractivity (Wildman–Crippen MR) is 61.9 cm³/mol. The Kier molecular flexibility index (Phi) is 3.90. The maximum atomic E-state index is 5.11. The van der Waals surface area contributed by atoms with Crippen molar-refractivity contribution in [3.63, 3.8) is 0 Å². The molecule has 13 heavy (non-hydrogen) atoms. The van der Waals surface area contributed by atoms with Crippen molar-refractivity contribution in [1.29, 1.82) is 0 Å². The van der Waals surface area contributed by atoms with Gasteiger partial charge < -0.3 is 5.32 Å². The molecule has 0 radical (unpaired) electrons. The van der Waals surface area contributed by atoms with E-state index in [4.69, 9.17) is 12.2 Å². The zero-order chi connectivity index (χ0) is 9.68. The first kappa shape index (κ1) is 10.2. The molecule has 1 aliphatic heterocycles. The normalized spacial score (nSPS) is 21.2. The summed E-state index contributed by atoms with van der Waals surface area (Å²) >= 11 is 5.11. The minimum atomic E-state index is 0.794. The smallest absolute Gasteiger partial charge is 0.106 e. The molecule has 1 fully saturated rings. The van der Waals surface area contributed by atoms with E-state index in [0.29, 0.717) is 0 Å². The molecule has 1 N–H and O–H groups in total. The van der Waals surface area contributed by atoms with Gasteiger partial charge in [0.15, 0.2) is 0 Å². The second kappa shape index (κ2) is 4.97. The summed E-state index contributed by atoms with van der Waals surface area (Å²) in [6, 6.07) is 0. The van der Waals surface area contributed by atoms with E-state index in [9.17, 15) is 0 Å². The van der Waals surface area contributed by atoms with Crippen molar-refractivity contribution in [3.8, 4) is 0 Å². The molecule has 0 amide bonds. The van der Waals surface area contributed by atoms with Crippen LogP contribution in [0.2, 0.25) is 0 Å². The van der Waals surface area contributed by atoms with Crippen LogP contribution >= 0.6 is 12.2 Å². The Morgan fingerprint density at radius 1 is 1.62 bits per heavy atom. The Labute approximate surface area is 85.2 Å². The highest BCUT2D eigenvalue weighted by molar-refractivity contribution is 7.80. The van der Waals surface area contributed by atoms with Crippen molar-refractivity contribution in [2.75, 3.05) is 6.54 Å². The summed E-state index contributed by atoms with van der Waals surface area (Å²) in [6.45, 7) is 7.01. The number of piperidine rings is 1. The lowest BCUT2D eigenvalue weighted by Crippen LogP contribution is -2.30. The van der Waals surface area contributed by atoms with Gasteiger partial charge in [-0.3, -0.25) is 0 Å². The summed E-state index contributed by atoms with van der Waals surface area (Å²) in [5, 5.41) is 3.12. The quantitative estimate of drug-likeness (QED) is 0.534. The molecule has 1 nitrogen and oxygen atoms in total. The van der Waals surface area contributed by atoms with Crippen LogP contribution in [0.15, 0.2) is 36.0 Å². The van der Waals surface area contributed by atoms with Crippen LogP contribution in [0.4, 0.5) is 0 Å².